The van der Waals surface area contributed by atoms with Gasteiger partial charge in [-0.15, -0.1) is 0 Å². The van der Waals surface area contributed by atoms with Crippen LogP contribution in [0.5, 0.6) is 5.88 Å². The molecule has 0 bridgehead atoms. The van der Waals surface area contributed by atoms with Crippen LogP contribution in [0.3, 0.4) is 0 Å². The standard InChI is InChI=1S/C27H33ClFN7O4Si/c1-17(14-39-41(5,6)27(2,3)4)38-15-21(25(37)35-22-10-9-18(29)12-31-22)40-26-19-13-34-36(23(19)32-16-33-26)24-20(28)8-7-11-30-24/h7-13,16-17,21H,14-15H2,1-6H3,(H,31,35,37). The van der Waals surface area contributed by atoms with Crippen molar-refractivity contribution in [1.82, 2.24) is 29.7 Å². The van der Waals surface area contributed by atoms with Crippen molar-refractivity contribution in [2.75, 3.05) is 18.5 Å². The van der Waals surface area contributed by atoms with E-state index in [1.807, 2.05) is 6.92 Å². The van der Waals surface area contributed by atoms with Crippen molar-refractivity contribution in [3.8, 4) is 11.7 Å². The number of carbonyl (C=O) groups is 1. The summed E-state index contributed by atoms with van der Waals surface area (Å²) in [4.78, 5) is 30.0. The van der Waals surface area contributed by atoms with Crippen LogP contribution < -0.4 is 10.1 Å². The Labute approximate surface area is 243 Å². The number of hydrogen-bond donors (Lipinski definition) is 1. The summed E-state index contributed by atoms with van der Waals surface area (Å²) in [5.41, 5.74) is 0.381. The molecule has 2 unspecified atom stereocenters. The predicted octanol–water partition coefficient (Wildman–Crippen LogP) is 5.21. The first-order chi connectivity index (χ1) is 19.4. The number of nitrogens with one attached hydrogen (secondary N) is 1. The van der Waals surface area contributed by atoms with Gasteiger partial charge in [0.25, 0.3) is 5.91 Å². The van der Waals surface area contributed by atoms with Gasteiger partial charge in [-0.25, -0.2) is 24.3 Å². The van der Waals surface area contributed by atoms with E-state index in [1.165, 1.54) is 29.3 Å². The largest absolute Gasteiger partial charge is 0.461 e. The van der Waals surface area contributed by atoms with Gasteiger partial charge in [-0.1, -0.05) is 32.4 Å². The van der Waals surface area contributed by atoms with E-state index < -0.39 is 26.1 Å². The van der Waals surface area contributed by atoms with Gasteiger partial charge < -0.3 is 19.2 Å². The van der Waals surface area contributed by atoms with Crippen molar-refractivity contribution in [3.63, 3.8) is 0 Å². The van der Waals surface area contributed by atoms with Crippen LogP contribution in [0, 0.1) is 5.82 Å². The minimum atomic E-state index is -1.99. The lowest BCUT2D eigenvalue weighted by atomic mass is 10.2. The van der Waals surface area contributed by atoms with Crippen LogP contribution in [0.25, 0.3) is 16.9 Å². The highest BCUT2D eigenvalue weighted by molar-refractivity contribution is 6.74. The molecule has 0 fully saturated rings. The lowest BCUT2D eigenvalue weighted by Gasteiger charge is -2.37. The Morgan fingerprint density at radius 3 is 2.59 bits per heavy atom. The fourth-order valence-electron chi connectivity index (χ4n) is 3.40. The van der Waals surface area contributed by atoms with Gasteiger partial charge in [0.1, 0.15) is 23.3 Å². The lowest BCUT2D eigenvalue weighted by Crippen LogP contribution is -2.43. The fraction of sp³-hybridized carbons (Fsp3) is 0.407. The average molecular weight is 602 g/mol. The lowest BCUT2D eigenvalue weighted by molar-refractivity contribution is -0.127. The first-order valence-corrected chi connectivity index (χ1v) is 16.3. The van der Waals surface area contributed by atoms with Crippen LogP contribution in [-0.4, -0.2) is 69.4 Å². The van der Waals surface area contributed by atoms with Crippen LogP contribution in [0.15, 0.2) is 49.2 Å². The Hall–Kier alpha value is -3.52. The summed E-state index contributed by atoms with van der Waals surface area (Å²) >= 11 is 6.31. The molecule has 1 amide bonds. The zero-order valence-corrected chi connectivity index (χ0v) is 25.5. The molecule has 4 rings (SSSR count). The van der Waals surface area contributed by atoms with Crippen molar-refractivity contribution in [2.45, 2.75) is 58.0 Å². The molecular weight excluding hydrogens is 569 g/mol. The maximum absolute atomic E-state index is 13.3. The van der Waals surface area contributed by atoms with Crippen molar-refractivity contribution in [1.29, 1.82) is 0 Å². The number of nitrogens with zero attached hydrogens (tertiary/aromatic N) is 6. The molecule has 0 aliphatic carbocycles. The molecule has 4 aromatic rings. The second kappa shape index (κ2) is 12.6. The molecule has 218 valence electrons. The molecule has 0 saturated carbocycles. The Kier molecular flexibility index (Phi) is 9.32. The summed E-state index contributed by atoms with van der Waals surface area (Å²) in [7, 11) is -1.99. The summed E-state index contributed by atoms with van der Waals surface area (Å²) < 4.78 is 33.2. The molecule has 14 heteroatoms. The molecule has 0 aliphatic rings. The number of carbonyl (C=O) groups excluding carboxylic acids is 1. The van der Waals surface area contributed by atoms with E-state index in [-0.39, 0.29) is 29.4 Å². The summed E-state index contributed by atoms with van der Waals surface area (Å²) in [5, 5.41) is 7.85. The molecule has 0 spiro atoms. The Morgan fingerprint density at radius 2 is 1.90 bits per heavy atom. The average Bonchev–Trinajstić information content (AvgIpc) is 3.35. The number of fused-ring (bicyclic) bond motifs is 1. The summed E-state index contributed by atoms with van der Waals surface area (Å²) in [6.45, 7) is 12.9. The smallest absolute Gasteiger partial charge is 0.269 e. The van der Waals surface area contributed by atoms with E-state index in [9.17, 15) is 9.18 Å². The fourth-order valence-corrected chi connectivity index (χ4v) is 4.69. The topological polar surface area (TPSA) is 126 Å². The Balaban J connectivity index is 1.55. The van der Waals surface area contributed by atoms with Crippen molar-refractivity contribution >= 4 is 42.7 Å². The highest BCUT2D eigenvalue weighted by Crippen LogP contribution is 2.36. The van der Waals surface area contributed by atoms with Gasteiger partial charge in [-0.2, -0.15) is 9.78 Å². The molecule has 0 aromatic carbocycles. The van der Waals surface area contributed by atoms with Gasteiger partial charge >= 0.3 is 0 Å². The third-order valence-electron chi connectivity index (χ3n) is 6.81. The molecular formula is C27H33ClFN7O4Si. The SMILES string of the molecule is CC(CO[Si](C)(C)C(C)(C)C)OCC(Oc1ncnc2c1cnn2-c1ncccc1Cl)C(=O)Nc1ccc(F)cn1. The first kappa shape index (κ1) is 30.4. The Morgan fingerprint density at radius 1 is 1.12 bits per heavy atom. The van der Waals surface area contributed by atoms with E-state index in [4.69, 9.17) is 25.5 Å². The second-order valence-electron chi connectivity index (χ2n) is 11.0. The minimum Gasteiger partial charge on any atom is -0.461 e. The number of anilines is 1. The minimum absolute atomic E-state index is 0.0444. The van der Waals surface area contributed by atoms with E-state index in [1.54, 1.807) is 18.3 Å². The van der Waals surface area contributed by atoms with Gasteiger partial charge in [-0.3, -0.25) is 4.79 Å². The third-order valence-corrected chi connectivity index (χ3v) is 11.6. The van der Waals surface area contributed by atoms with Gasteiger partial charge in [0.2, 0.25) is 12.0 Å². The van der Waals surface area contributed by atoms with Crippen molar-refractivity contribution in [3.05, 3.63) is 60.0 Å². The van der Waals surface area contributed by atoms with E-state index >= 15 is 0 Å². The number of ether oxygens (including phenoxy) is 2. The van der Waals surface area contributed by atoms with Gasteiger partial charge in [-0.05, 0) is 49.3 Å². The van der Waals surface area contributed by atoms with Crippen LogP contribution in [0.1, 0.15) is 27.7 Å². The molecule has 1 N–H and O–H groups in total. The van der Waals surface area contributed by atoms with E-state index in [2.05, 4.69) is 64.2 Å². The third kappa shape index (κ3) is 7.41. The van der Waals surface area contributed by atoms with Crippen molar-refractivity contribution in [2.24, 2.45) is 0 Å². The Bertz CT molecular complexity index is 1500. The van der Waals surface area contributed by atoms with Crippen LogP contribution >= 0.6 is 11.6 Å². The molecule has 11 nitrogen and oxygen atoms in total. The molecule has 4 heterocycles. The molecule has 41 heavy (non-hydrogen) atoms. The van der Waals surface area contributed by atoms with Crippen molar-refractivity contribution < 1.29 is 23.1 Å². The maximum Gasteiger partial charge on any atom is 0.269 e. The summed E-state index contributed by atoms with van der Waals surface area (Å²) in [6.07, 6.45) is 3.91. The molecule has 4 aromatic heterocycles. The number of amides is 1. The van der Waals surface area contributed by atoms with Gasteiger partial charge in [0.05, 0.1) is 36.7 Å². The van der Waals surface area contributed by atoms with Gasteiger partial charge in [0, 0.05) is 6.20 Å². The molecule has 0 saturated heterocycles. The maximum atomic E-state index is 13.3. The predicted molar refractivity (Wildman–Crippen MR) is 155 cm³/mol. The second-order valence-corrected chi connectivity index (χ2v) is 16.2. The molecule has 0 aliphatic heterocycles. The highest BCUT2D eigenvalue weighted by Gasteiger charge is 2.37. The number of pyridine rings is 2. The number of halogens is 2. The quantitative estimate of drug-likeness (QED) is 0.230. The molecule has 0 radical (unpaired) electrons. The van der Waals surface area contributed by atoms with E-state index in [0.29, 0.717) is 28.5 Å². The monoisotopic (exact) mass is 601 g/mol. The van der Waals surface area contributed by atoms with E-state index in [0.717, 1.165) is 6.20 Å². The summed E-state index contributed by atoms with van der Waals surface area (Å²) in [6, 6.07) is 5.94. The molecule has 2 atom stereocenters. The van der Waals surface area contributed by atoms with Crippen LogP contribution in [0.4, 0.5) is 10.2 Å². The van der Waals surface area contributed by atoms with Crippen LogP contribution in [0.2, 0.25) is 23.2 Å². The normalized spacial score (nSPS) is 13.7. The first-order valence-electron chi connectivity index (χ1n) is 13.0. The number of hydrogen-bond acceptors (Lipinski definition) is 9. The highest BCUT2D eigenvalue weighted by atomic mass is 35.5. The zero-order chi connectivity index (χ0) is 29.8. The number of rotatable bonds is 11. The summed E-state index contributed by atoms with van der Waals surface area (Å²) in [5.74, 6) is -0.444. The number of aromatic nitrogens is 6. The van der Waals surface area contributed by atoms with Crippen LogP contribution in [-0.2, 0) is 14.0 Å². The zero-order valence-electron chi connectivity index (χ0n) is 23.8. The van der Waals surface area contributed by atoms with Gasteiger partial charge in [0.15, 0.2) is 19.8 Å².